The van der Waals surface area contributed by atoms with E-state index in [9.17, 15) is 4.79 Å². The number of hydrogen-bond acceptors (Lipinski definition) is 2. The van der Waals surface area contributed by atoms with Crippen LogP contribution >= 0.6 is 0 Å². The fourth-order valence-corrected chi connectivity index (χ4v) is 0.824. The molecule has 1 heterocycles. The minimum atomic E-state index is -0.196. The quantitative estimate of drug-likeness (QED) is 0.537. The van der Waals surface area contributed by atoms with Crippen molar-refractivity contribution >= 4 is 6.09 Å². The van der Waals surface area contributed by atoms with Gasteiger partial charge in [0.1, 0.15) is 6.61 Å². The van der Waals surface area contributed by atoms with Crippen molar-refractivity contribution in [1.82, 2.24) is 4.90 Å². The van der Waals surface area contributed by atoms with Gasteiger partial charge in [-0.3, -0.25) is 0 Å². The van der Waals surface area contributed by atoms with Gasteiger partial charge in [-0.2, -0.15) is 0 Å². The van der Waals surface area contributed by atoms with Gasteiger partial charge in [0, 0.05) is 6.54 Å². The van der Waals surface area contributed by atoms with Crippen LogP contribution < -0.4 is 0 Å². The third-order valence-electron chi connectivity index (χ3n) is 1.41. The number of amides is 1. The molecule has 0 bridgehead atoms. The highest BCUT2D eigenvalue weighted by molar-refractivity contribution is 5.69. The first-order valence-electron chi connectivity index (χ1n) is 3.37. The summed E-state index contributed by atoms with van der Waals surface area (Å²) in [5, 5.41) is 0. The lowest BCUT2D eigenvalue weighted by molar-refractivity contribution is 0.161. The fraction of sp³-hybridized carbons (Fsp3) is 0.571. The van der Waals surface area contributed by atoms with Crippen LogP contribution in [0.15, 0.2) is 12.2 Å². The van der Waals surface area contributed by atoms with Gasteiger partial charge in [0.2, 0.25) is 0 Å². The first kappa shape index (κ1) is 7.12. The Kier molecular flexibility index (Phi) is 2.31. The zero-order valence-corrected chi connectivity index (χ0v) is 6.04. The maximum absolute atomic E-state index is 10.7. The second kappa shape index (κ2) is 3.25. The molecule has 1 fully saturated rings. The monoisotopic (exact) mass is 141 g/mol. The Morgan fingerprint density at radius 2 is 2.60 bits per heavy atom. The third kappa shape index (κ3) is 1.50. The van der Waals surface area contributed by atoms with Crippen molar-refractivity contribution < 1.29 is 9.53 Å². The summed E-state index contributed by atoms with van der Waals surface area (Å²) in [5.74, 6) is 0. The largest absolute Gasteiger partial charge is 0.448 e. The van der Waals surface area contributed by atoms with Gasteiger partial charge < -0.3 is 9.64 Å². The molecule has 0 unspecified atom stereocenters. The van der Waals surface area contributed by atoms with Gasteiger partial charge in [0.15, 0.2) is 0 Å². The Bertz CT molecular complexity index is 154. The van der Waals surface area contributed by atoms with Crippen molar-refractivity contribution in [2.45, 2.75) is 6.92 Å². The average molecular weight is 141 g/mol. The van der Waals surface area contributed by atoms with Crippen molar-refractivity contribution in [2.24, 2.45) is 0 Å². The molecule has 10 heavy (non-hydrogen) atoms. The molecule has 0 N–H and O–H groups in total. The molecule has 1 aliphatic rings. The van der Waals surface area contributed by atoms with Gasteiger partial charge in [-0.25, -0.2) is 4.79 Å². The number of nitrogens with zero attached hydrogens (tertiary/aromatic N) is 1. The van der Waals surface area contributed by atoms with E-state index in [0.29, 0.717) is 13.2 Å². The molecule has 0 aromatic carbocycles. The predicted octanol–water partition coefficient (Wildman–Crippen LogP) is 1.01. The fourth-order valence-electron chi connectivity index (χ4n) is 0.824. The van der Waals surface area contributed by atoms with E-state index >= 15 is 0 Å². The average Bonchev–Trinajstić information content (AvgIpc) is 2.31. The molecule has 1 amide bonds. The summed E-state index contributed by atoms with van der Waals surface area (Å²) < 4.78 is 4.72. The Morgan fingerprint density at radius 1 is 1.80 bits per heavy atom. The number of cyclic esters (lactones) is 1. The van der Waals surface area contributed by atoms with E-state index in [2.05, 4.69) is 0 Å². The van der Waals surface area contributed by atoms with Crippen molar-refractivity contribution in [2.75, 3.05) is 19.7 Å². The molecule has 1 saturated heterocycles. The van der Waals surface area contributed by atoms with E-state index in [-0.39, 0.29) is 6.09 Å². The minimum absolute atomic E-state index is 0.196. The molecule has 0 aromatic heterocycles. The first-order valence-corrected chi connectivity index (χ1v) is 3.37. The Balaban J connectivity index is 2.33. The van der Waals surface area contributed by atoms with Crippen LogP contribution in [0.4, 0.5) is 4.79 Å². The molecule has 0 radical (unpaired) electrons. The zero-order valence-electron chi connectivity index (χ0n) is 6.04. The van der Waals surface area contributed by atoms with Gasteiger partial charge in [-0.1, -0.05) is 12.2 Å². The van der Waals surface area contributed by atoms with E-state index in [1.54, 1.807) is 4.90 Å². The van der Waals surface area contributed by atoms with Crippen LogP contribution in [-0.2, 0) is 4.74 Å². The molecule has 0 aliphatic carbocycles. The first-order chi connectivity index (χ1) is 4.84. The second-order valence-corrected chi connectivity index (χ2v) is 2.13. The van der Waals surface area contributed by atoms with Gasteiger partial charge in [-0.05, 0) is 6.92 Å². The standard InChI is InChI=1S/C7H11NO2/c1-2-3-4-8-5-6-10-7(8)9/h2-3H,4-6H2,1H3/b3-2-. The van der Waals surface area contributed by atoms with E-state index in [0.717, 1.165) is 6.54 Å². The molecule has 3 heteroatoms. The van der Waals surface area contributed by atoms with Crippen molar-refractivity contribution in [1.29, 1.82) is 0 Å². The minimum Gasteiger partial charge on any atom is -0.448 e. The smallest absolute Gasteiger partial charge is 0.410 e. The number of carbonyl (C=O) groups excluding carboxylic acids is 1. The molecule has 1 rings (SSSR count). The highest BCUT2D eigenvalue weighted by Gasteiger charge is 2.19. The third-order valence-corrected chi connectivity index (χ3v) is 1.41. The highest BCUT2D eigenvalue weighted by Crippen LogP contribution is 2.01. The van der Waals surface area contributed by atoms with Crippen molar-refractivity contribution in [3.63, 3.8) is 0 Å². The van der Waals surface area contributed by atoms with E-state index in [1.165, 1.54) is 0 Å². The highest BCUT2D eigenvalue weighted by atomic mass is 16.6. The lowest BCUT2D eigenvalue weighted by Crippen LogP contribution is -2.23. The van der Waals surface area contributed by atoms with Crippen LogP contribution in [-0.4, -0.2) is 30.7 Å². The van der Waals surface area contributed by atoms with Crippen LogP contribution in [0.1, 0.15) is 6.92 Å². The molecular weight excluding hydrogens is 130 g/mol. The molecule has 3 nitrogen and oxygen atoms in total. The van der Waals surface area contributed by atoms with Gasteiger partial charge >= 0.3 is 6.09 Å². The SMILES string of the molecule is C/C=C\CN1CCOC1=O. The van der Waals surface area contributed by atoms with Crippen LogP contribution in [0.3, 0.4) is 0 Å². The van der Waals surface area contributed by atoms with E-state index in [4.69, 9.17) is 4.74 Å². The number of carbonyl (C=O) groups is 1. The molecule has 0 aromatic rings. The van der Waals surface area contributed by atoms with Crippen LogP contribution in [0, 0.1) is 0 Å². The molecular formula is C7H11NO2. The van der Waals surface area contributed by atoms with Gasteiger partial charge in [-0.15, -0.1) is 0 Å². The van der Waals surface area contributed by atoms with Gasteiger partial charge in [0.05, 0.1) is 6.54 Å². The number of ether oxygens (including phenoxy) is 1. The maximum Gasteiger partial charge on any atom is 0.410 e. The van der Waals surface area contributed by atoms with E-state index in [1.807, 2.05) is 19.1 Å². The van der Waals surface area contributed by atoms with Crippen LogP contribution in [0.2, 0.25) is 0 Å². The molecule has 0 saturated carbocycles. The Hall–Kier alpha value is -0.990. The molecule has 1 aliphatic heterocycles. The zero-order chi connectivity index (χ0) is 7.40. The van der Waals surface area contributed by atoms with Crippen LogP contribution in [0.5, 0.6) is 0 Å². The number of allylic oxidation sites excluding steroid dienone is 1. The van der Waals surface area contributed by atoms with Crippen LogP contribution in [0.25, 0.3) is 0 Å². The summed E-state index contributed by atoms with van der Waals surface area (Å²) in [6.45, 7) is 3.87. The molecule has 0 atom stereocenters. The topological polar surface area (TPSA) is 29.5 Å². The summed E-state index contributed by atoms with van der Waals surface area (Å²) >= 11 is 0. The lowest BCUT2D eigenvalue weighted by Gasteiger charge is -2.07. The summed E-state index contributed by atoms with van der Waals surface area (Å²) in [7, 11) is 0. The lowest BCUT2D eigenvalue weighted by atomic mass is 10.5. The van der Waals surface area contributed by atoms with E-state index < -0.39 is 0 Å². The Labute approximate surface area is 60.3 Å². The normalized spacial score (nSPS) is 18.5. The van der Waals surface area contributed by atoms with Crippen molar-refractivity contribution in [3.05, 3.63) is 12.2 Å². The summed E-state index contributed by atoms with van der Waals surface area (Å²) in [5.41, 5.74) is 0. The number of hydrogen-bond donors (Lipinski definition) is 0. The molecule has 56 valence electrons. The van der Waals surface area contributed by atoms with Gasteiger partial charge in [0.25, 0.3) is 0 Å². The predicted molar refractivity (Wildman–Crippen MR) is 37.7 cm³/mol. The molecule has 0 spiro atoms. The maximum atomic E-state index is 10.7. The Morgan fingerprint density at radius 3 is 3.10 bits per heavy atom. The second-order valence-electron chi connectivity index (χ2n) is 2.13. The summed E-state index contributed by atoms with van der Waals surface area (Å²) in [6.07, 6.45) is 3.66. The summed E-state index contributed by atoms with van der Waals surface area (Å²) in [6, 6.07) is 0. The summed E-state index contributed by atoms with van der Waals surface area (Å²) in [4.78, 5) is 12.4. The van der Waals surface area contributed by atoms with Crippen molar-refractivity contribution in [3.8, 4) is 0 Å². The number of rotatable bonds is 2.